The molecule has 1 fully saturated rings. The van der Waals surface area contributed by atoms with Crippen molar-refractivity contribution in [3.8, 4) is 17.0 Å². The van der Waals surface area contributed by atoms with Crippen LogP contribution in [0.4, 0.5) is 5.95 Å². The van der Waals surface area contributed by atoms with Crippen LogP contribution in [0.25, 0.3) is 22.0 Å². The average Bonchev–Trinajstić information content (AvgIpc) is 3.22. The summed E-state index contributed by atoms with van der Waals surface area (Å²) in [5.41, 5.74) is 9.24. The Morgan fingerprint density at radius 3 is 2.67 bits per heavy atom. The number of nitrogens with zero attached hydrogens (tertiary/aromatic N) is 3. The van der Waals surface area contributed by atoms with Crippen LogP contribution in [0.1, 0.15) is 17.3 Å². The highest BCUT2D eigenvalue weighted by molar-refractivity contribution is 7.99. The Bertz CT molecular complexity index is 985. The molecule has 0 radical (unpaired) electrons. The summed E-state index contributed by atoms with van der Waals surface area (Å²) in [6, 6.07) is 13.6. The third-order valence-corrected chi connectivity index (χ3v) is 5.43. The first-order chi connectivity index (χ1) is 13.2. The van der Waals surface area contributed by atoms with Crippen molar-refractivity contribution in [2.75, 3.05) is 30.5 Å². The number of ether oxygens (including phenoxy) is 1. The number of nitrogen functional groups attached to an aromatic ring is 1. The summed E-state index contributed by atoms with van der Waals surface area (Å²) in [7, 11) is 0. The number of hydrogen-bond acceptors (Lipinski definition) is 6. The normalized spacial score (nSPS) is 13.9. The molecule has 0 spiro atoms. The minimum Gasteiger partial charge on any atom is -0.477 e. The van der Waals surface area contributed by atoms with Gasteiger partial charge < -0.3 is 15.4 Å². The summed E-state index contributed by atoms with van der Waals surface area (Å²) in [5, 5.41) is 0.817. The summed E-state index contributed by atoms with van der Waals surface area (Å²) in [5.74, 6) is 2.55. The summed E-state index contributed by atoms with van der Waals surface area (Å²) in [6.07, 6.45) is 0. The average molecular weight is 380 g/mol. The summed E-state index contributed by atoms with van der Waals surface area (Å²) in [6.45, 7) is 3.23. The third-order valence-electron chi connectivity index (χ3n) is 4.46. The number of carbonyl (C=O) groups is 1. The van der Waals surface area contributed by atoms with Gasteiger partial charge in [-0.05, 0) is 42.3 Å². The van der Waals surface area contributed by atoms with Crippen LogP contribution in [-0.4, -0.2) is 45.6 Å². The molecule has 2 heterocycles. The van der Waals surface area contributed by atoms with E-state index < -0.39 is 0 Å². The smallest absolute Gasteiger partial charge is 0.254 e. The van der Waals surface area contributed by atoms with E-state index in [0.29, 0.717) is 18.1 Å². The molecule has 2 N–H and O–H groups in total. The van der Waals surface area contributed by atoms with E-state index in [0.717, 1.165) is 40.2 Å². The van der Waals surface area contributed by atoms with E-state index in [1.165, 1.54) is 0 Å². The quantitative estimate of drug-likeness (QED) is 0.747. The standard InChI is InChI=1S/C20H20N4O2S/c1-2-26-18-16-11-15(7-8-17(16)22-20(21)23-18)13-3-5-14(6-4-13)19(25)24-9-10-27-12-24/h3-8,11H,2,9-10,12H2,1H3,(H2,21,22,23). The maximum atomic E-state index is 12.5. The fraction of sp³-hybridized carbons (Fsp3) is 0.250. The molecule has 138 valence electrons. The number of fused-ring (bicyclic) bond motifs is 1. The Morgan fingerprint density at radius 1 is 1.19 bits per heavy atom. The maximum Gasteiger partial charge on any atom is 0.254 e. The molecule has 4 rings (SSSR count). The van der Waals surface area contributed by atoms with E-state index >= 15 is 0 Å². The first-order valence-electron chi connectivity index (χ1n) is 8.83. The second-order valence-corrected chi connectivity index (χ2v) is 7.31. The Hall–Kier alpha value is -2.80. The third kappa shape index (κ3) is 3.55. The molecule has 0 unspecified atom stereocenters. The van der Waals surface area contributed by atoms with Crippen molar-refractivity contribution >= 4 is 34.5 Å². The van der Waals surface area contributed by atoms with E-state index in [-0.39, 0.29) is 11.9 Å². The Labute approximate surface area is 161 Å². The van der Waals surface area contributed by atoms with Gasteiger partial charge in [-0.15, -0.1) is 11.8 Å². The number of rotatable bonds is 4. The number of benzene rings is 2. The fourth-order valence-electron chi connectivity index (χ4n) is 3.11. The number of aromatic nitrogens is 2. The molecule has 27 heavy (non-hydrogen) atoms. The number of amides is 1. The van der Waals surface area contributed by atoms with Crippen LogP contribution >= 0.6 is 11.8 Å². The highest BCUT2D eigenvalue weighted by Gasteiger charge is 2.19. The molecular weight excluding hydrogens is 360 g/mol. The molecule has 0 bridgehead atoms. The Morgan fingerprint density at radius 2 is 1.96 bits per heavy atom. The number of carbonyl (C=O) groups excluding carboxylic acids is 1. The molecule has 0 saturated carbocycles. The van der Waals surface area contributed by atoms with Crippen molar-refractivity contribution in [2.45, 2.75) is 6.92 Å². The number of nitrogens with two attached hydrogens (primary N) is 1. The lowest BCUT2D eigenvalue weighted by Crippen LogP contribution is -2.27. The van der Waals surface area contributed by atoms with E-state index in [2.05, 4.69) is 9.97 Å². The van der Waals surface area contributed by atoms with Gasteiger partial charge in [-0.3, -0.25) is 4.79 Å². The molecule has 1 aliphatic heterocycles. The topological polar surface area (TPSA) is 81.3 Å². The van der Waals surface area contributed by atoms with Gasteiger partial charge in [0.25, 0.3) is 5.91 Å². The monoisotopic (exact) mass is 380 g/mol. The van der Waals surface area contributed by atoms with Gasteiger partial charge in [0, 0.05) is 17.9 Å². The van der Waals surface area contributed by atoms with Gasteiger partial charge >= 0.3 is 0 Å². The minimum atomic E-state index is 0.0903. The predicted octanol–water partition coefficient (Wildman–Crippen LogP) is 3.42. The maximum absolute atomic E-state index is 12.5. The second kappa shape index (κ2) is 7.44. The van der Waals surface area contributed by atoms with Gasteiger partial charge in [0.1, 0.15) is 0 Å². The molecule has 0 aliphatic carbocycles. The van der Waals surface area contributed by atoms with E-state index in [1.807, 2.05) is 54.3 Å². The largest absolute Gasteiger partial charge is 0.477 e. The van der Waals surface area contributed by atoms with Crippen LogP contribution in [0.3, 0.4) is 0 Å². The SMILES string of the molecule is CCOc1nc(N)nc2ccc(-c3ccc(C(=O)N4CCSC4)cc3)cc12. The van der Waals surface area contributed by atoms with Crippen molar-refractivity contribution < 1.29 is 9.53 Å². The van der Waals surface area contributed by atoms with E-state index in [1.54, 1.807) is 11.8 Å². The van der Waals surface area contributed by atoms with E-state index in [9.17, 15) is 4.79 Å². The van der Waals surface area contributed by atoms with Crippen molar-refractivity contribution in [3.05, 3.63) is 48.0 Å². The number of anilines is 1. The molecule has 2 aromatic carbocycles. The molecule has 1 saturated heterocycles. The van der Waals surface area contributed by atoms with E-state index in [4.69, 9.17) is 10.5 Å². The molecule has 1 aliphatic rings. The molecule has 0 atom stereocenters. The summed E-state index contributed by atoms with van der Waals surface area (Å²) < 4.78 is 5.62. The van der Waals surface area contributed by atoms with Crippen LogP contribution in [-0.2, 0) is 0 Å². The van der Waals surface area contributed by atoms with Gasteiger partial charge in [0.15, 0.2) is 0 Å². The predicted molar refractivity (Wildman–Crippen MR) is 109 cm³/mol. The zero-order valence-corrected chi connectivity index (χ0v) is 15.8. The van der Waals surface area contributed by atoms with Gasteiger partial charge in [-0.1, -0.05) is 18.2 Å². The van der Waals surface area contributed by atoms with Gasteiger partial charge in [-0.2, -0.15) is 4.98 Å². The zero-order chi connectivity index (χ0) is 18.8. The van der Waals surface area contributed by atoms with Gasteiger partial charge in [-0.25, -0.2) is 4.98 Å². The zero-order valence-electron chi connectivity index (χ0n) is 15.0. The van der Waals surface area contributed by atoms with Crippen LogP contribution in [0.5, 0.6) is 5.88 Å². The van der Waals surface area contributed by atoms with Crippen molar-refractivity contribution in [1.82, 2.24) is 14.9 Å². The summed E-state index contributed by atoms with van der Waals surface area (Å²) >= 11 is 1.79. The summed E-state index contributed by atoms with van der Waals surface area (Å²) in [4.78, 5) is 22.8. The van der Waals surface area contributed by atoms with Crippen molar-refractivity contribution in [1.29, 1.82) is 0 Å². The molecule has 1 aromatic heterocycles. The molecule has 3 aromatic rings. The Balaban J connectivity index is 1.66. The number of hydrogen-bond donors (Lipinski definition) is 1. The van der Waals surface area contributed by atoms with Gasteiger partial charge in [0.2, 0.25) is 11.8 Å². The lowest BCUT2D eigenvalue weighted by Gasteiger charge is -2.14. The molecular formula is C20H20N4O2S. The van der Waals surface area contributed by atoms with Crippen LogP contribution < -0.4 is 10.5 Å². The first kappa shape index (κ1) is 17.6. The van der Waals surface area contributed by atoms with Gasteiger partial charge in [0.05, 0.1) is 23.4 Å². The highest BCUT2D eigenvalue weighted by Crippen LogP contribution is 2.29. The molecule has 6 nitrogen and oxygen atoms in total. The highest BCUT2D eigenvalue weighted by atomic mass is 32.2. The van der Waals surface area contributed by atoms with Crippen LogP contribution in [0.2, 0.25) is 0 Å². The Kier molecular flexibility index (Phi) is 4.85. The van der Waals surface area contributed by atoms with Crippen molar-refractivity contribution in [3.63, 3.8) is 0 Å². The minimum absolute atomic E-state index is 0.0903. The second-order valence-electron chi connectivity index (χ2n) is 6.24. The lowest BCUT2D eigenvalue weighted by atomic mass is 10.0. The lowest BCUT2D eigenvalue weighted by molar-refractivity contribution is 0.0803. The van der Waals surface area contributed by atoms with Crippen LogP contribution in [0, 0.1) is 0 Å². The molecule has 1 amide bonds. The number of thioether (sulfide) groups is 1. The van der Waals surface area contributed by atoms with Crippen LogP contribution in [0.15, 0.2) is 42.5 Å². The van der Waals surface area contributed by atoms with Crippen molar-refractivity contribution in [2.24, 2.45) is 0 Å². The molecule has 7 heteroatoms. The first-order valence-corrected chi connectivity index (χ1v) is 9.98. The fourth-order valence-corrected chi connectivity index (χ4v) is 4.05.